The average Bonchev–Trinajstić information content (AvgIpc) is 3.31. The Labute approximate surface area is 196 Å². The molecular weight excluding hydrogens is 459 g/mol. The summed E-state index contributed by atoms with van der Waals surface area (Å²) in [7, 11) is -3.00. The maximum atomic E-state index is 11.6. The highest BCUT2D eigenvalue weighted by atomic mass is 31.2. The summed E-state index contributed by atoms with van der Waals surface area (Å²) < 4.78 is 32.3. The lowest BCUT2D eigenvalue weighted by Gasteiger charge is -2.25. The number of nitrogens with one attached hydrogen (secondary N) is 1. The predicted octanol–water partition coefficient (Wildman–Crippen LogP) is 2.04. The van der Waals surface area contributed by atoms with Crippen LogP contribution < -0.4 is 15.4 Å². The van der Waals surface area contributed by atoms with Crippen LogP contribution in [-0.2, 0) is 26.6 Å². The summed E-state index contributed by atoms with van der Waals surface area (Å²) in [6.07, 6.45) is 6.95. The van der Waals surface area contributed by atoms with Gasteiger partial charge in [-0.1, -0.05) is 35.5 Å². The van der Waals surface area contributed by atoms with Crippen LogP contribution >= 0.6 is 7.82 Å². The summed E-state index contributed by atoms with van der Waals surface area (Å²) in [5.41, 5.74) is 9.77. The van der Waals surface area contributed by atoms with Crippen molar-refractivity contribution < 1.29 is 32.7 Å². The Hall–Kier alpha value is -3.11. The molecule has 0 saturated heterocycles. The average molecular weight is 485 g/mol. The Bertz CT molecular complexity index is 1210. The Kier molecular flexibility index (Phi) is 7.69. The number of nitrogens with two attached hydrogens (primary N) is 1. The number of ether oxygens (including phenoxy) is 1. The zero-order valence-electron chi connectivity index (χ0n) is 18.5. The topological polar surface area (TPSA) is 134 Å². The zero-order chi connectivity index (χ0) is 24.0. The molecule has 4 N–H and O–H groups in total. The van der Waals surface area contributed by atoms with E-state index in [0.717, 1.165) is 23.9 Å². The Balaban J connectivity index is 1.38. The van der Waals surface area contributed by atoms with Gasteiger partial charge in [0.15, 0.2) is 18.7 Å². The Morgan fingerprint density at radius 3 is 2.82 bits per heavy atom. The largest absolute Gasteiger partial charge is 0.476 e. The van der Waals surface area contributed by atoms with Crippen molar-refractivity contribution in [3.63, 3.8) is 0 Å². The van der Waals surface area contributed by atoms with Gasteiger partial charge in [-0.25, -0.2) is 14.1 Å². The first-order valence-corrected chi connectivity index (χ1v) is 12.0. The number of phosphoric ester groups is 1. The molecule has 0 saturated carbocycles. The van der Waals surface area contributed by atoms with Crippen LogP contribution in [0.3, 0.4) is 0 Å². The molecule has 3 atom stereocenters. The van der Waals surface area contributed by atoms with E-state index in [0.29, 0.717) is 35.1 Å². The van der Waals surface area contributed by atoms with Gasteiger partial charge in [0, 0.05) is 31.9 Å². The molecule has 178 valence electrons. The third kappa shape index (κ3) is 6.27. The second-order valence-electron chi connectivity index (χ2n) is 7.59. The van der Waals surface area contributed by atoms with Gasteiger partial charge < -0.3 is 14.2 Å². The Morgan fingerprint density at radius 1 is 1.21 bits per heavy atom. The van der Waals surface area contributed by atoms with Crippen molar-refractivity contribution in [1.82, 2.24) is 10.1 Å². The molecule has 1 aliphatic heterocycles. The zero-order valence-corrected chi connectivity index (χ0v) is 19.4. The highest BCUT2D eigenvalue weighted by molar-refractivity contribution is 7.47. The number of nitrogens with zero attached hydrogens (tertiary/aromatic N) is 2. The van der Waals surface area contributed by atoms with E-state index in [4.69, 9.17) is 19.5 Å². The number of aromatic nitrogens is 2. The Morgan fingerprint density at radius 2 is 2.03 bits per heavy atom. The first-order valence-electron chi connectivity index (χ1n) is 10.5. The van der Waals surface area contributed by atoms with Crippen molar-refractivity contribution in [1.29, 1.82) is 0 Å². The minimum Gasteiger partial charge on any atom is -0.473 e. The van der Waals surface area contributed by atoms with Gasteiger partial charge in [-0.05, 0) is 29.3 Å². The number of hydrogen-bond acceptors (Lipinski definition) is 8. The van der Waals surface area contributed by atoms with E-state index >= 15 is 0 Å². The molecule has 11 heteroatoms. The van der Waals surface area contributed by atoms with Crippen LogP contribution in [0.25, 0.3) is 5.57 Å². The molecule has 3 aromatic rings. The third-order valence-corrected chi connectivity index (χ3v) is 6.12. The molecule has 4 rings (SSSR count). The van der Waals surface area contributed by atoms with Crippen LogP contribution in [-0.4, -0.2) is 35.0 Å². The van der Waals surface area contributed by atoms with E-state index in [1.807, 2.05) is 54.6 Å². The van der Waals surface area contributed by atoms with Crippen LogP contribution in [0, 0.1) is 0 Å². The lowest BCUT2D eigenvalue weighted by Crippen LogP contribution is -3.14. The monoisotopic (exact) mass is 485 g/mol. The van der Waals surface area contributed by atoms with Gasteiger partial charge in [0.2, 0.25) is 5.88 Å². The maximum absolute atomic E-state index is 11.6. The molecule has 2 aromatic heterocycles. The number of pyridine rings is 1. The summed E-state index contributed by atoms with van der Waals surface area (Å²) in [5.74, 6) is 1.04. The van der Waals surface area contributed by atoms with E-state index in [1.54, 1.807) is 18.5 Å². The third-order valence-electron chi connectivity index (χ3n) is 5.20. The molecule has 3 heterocycles. The van der Waals surface area contributed by atoms with Gasteiger partial charge in [-0.3, -0.25) is 15.2 Å². The van der Waals surface area contributed by atoms with Crippen LogP contribution in [0.5, 0.6) is 5.88 Å². The highest BCUT2D eigenvalue weighted by Gasteiger charge is 2.30. The summed E-state index contributed by atoms with van der Waals surface area (Å²) in [6, 6.07) is 15.5. The second-order valence-corrected chi connectivity index (χ2v) is 9.15. The van der Waals surface area contributed by atoms with Crippen LogP contribution in [0.1, 0.15) is 22.6 Å². The summed E-state index contributed by atoms with van der Waals surface area (Å²) >= 11 is 0. The van der Waals surface area contributed by atoms with E-state index in [9.17, 15) is 9.46 Å². The fourth-order valence-corrected chi connectivity index (χ4v) is 3.79. The molecule has 0 fully saturated rings. The van der Waals surface area contributed by atoms with Gasteiger partial charge in [0.05, 0.1) is 17.5 Å². The first-order chi connectivity index (χ1) is 16.4. The standard InChI is InChI=1S/C23H25N4O6P/c1-30-34(28,29)32-16-27-11-5-8-20(23(27)24)21-14-19(26-33-21)12-18-9-10-25-22(13-18)31-15-17-6-3-2-4-7-17/h2-11,13-14,23H,12,15-16,24H2,1H3,(H,28,29)/p+1. The molecule has 0 spiro atoms. The van der Waals surface area contributed by atoms with E-state index in [2.05, 4.69) is 14.7 Å². The number of benzene rings is 1. The molecule has 0 bridgehead atoms. The number of allylic oxidation sites excluding steroid dienone is 2. The minimum atomic E-state index is -4.10. The minimum absolute atomic E-state index is 0.152. The quantitative estimate of drug-likeness (QED) is 0.369. The molecule has 0 radical (unpaired) electrons. The number of phosphoric acid groups is 1. The van der Waals surface area contributed by atoms with E-state index in [-0.39, 0.29) is 6.73 Å². The summed E-state index contributed by atoms with van der Waals surface area (Å²) in [6.45, 7) is 0.282. The van der Waals surface area contributed by atoms with Gasteiger partial charge in [-0.2, -0.15) is 0 Å². The van der Waals surface area contributed by atoms with Gasteiger partial charge in [-0.15, -0.1) is 0 Å². The van der Waals surface area contributed by atoms with Crippen LogP contribution in [0.15, 0.2) is 77.6 Å². The number of quaternary nitrogens is 1. The number of rotatable bonds is 10. The van der Waals surface area contributed by atoms with Crippen molar-refractivity contribution >= 4 is 13.4 Å². The van der Waals surface area contributed by atoms with E-state index in [1.165, 1.54) is 0 Å². The molecular formula is C23H26N4O6P+. The summed E-state index contributed by atoms with van der Waals surface area (Å²) in [5, 5.41) is 4.17. The molecule has 0 amide bonds. The van der Waals surface area contributed by atoms with Crippen molar-refractivity contribution in [2.75, 3.05) is 13.8 Å². The molecule has 3 unspecified atom stereocenters. The van der Waals surface area contributed by atoms with Gasteiger partial charge >= 0.3 is 7.82 Å². The lowest BCUT2D eigenvalue weighted by atomic mass is 10.1. The molecule has 34 heavy (non-hydrogen) atoms. The highest BCUT2D eigenvalue weighted by Crippen LogP contribution is 2.41. The molecule has 0 aliphatic carbocycles. The predicted molar refractivity (Wildman–Crippen MR) is 123 cm³/mol. The van der Waals surface area contributed by atoms with Crippen molar-refractivity contribution in [2.24, 2.45) is 5.73 Å². The maximum Gasteiger partial charge on any atom is 0.476 e. The number of hydrogen-bond donors (Lipinski definition) is 3. The molecule has 1 aliphatic rings. The molecule has 1 aromatic carbocycles. The normalized spacial score (nSPS) is 19.4. The van der Waals surface area contributed by atoms with E-state index < -0.39 is 14.0 Å². The van der Waals surface area contributed by atoms with Crippen molar-refractivity contribution in [3.8, 4) is 5.88 Å². The first kappa shape index (κ1) is 24.0. The fourth-order valence-electron chi connectivity index (χ4n) is 3.38. The van der Waals surface area contributed by atoms with Crippen LogP contribution in [0.4, 0.5) is 0 Å². The smallest absolute Gasteiger partial charge is 0.473 e. The lowest BCUT2D eigenvalue weighted by molar-refractivity contribution is -0.882. The van der Waals surface area contributed by atoms with Crippen molar-refractivity contribution in [3.05, 3.63) is 95.7 Å². The van der Waals surface area contributed by atoms with Crippen molar-refractivity contribution in [2.45, 2.75) is 19.2 Å². The SMILES string of the molecule is COP(=O)(O)OC[NH+]1C=CC=C(c2cc(Cc3ccnc(OCc4ccccc4)c3)no2)C1N. The molecule has 10 nitrogen and oxygen atoms in total. The van der Waals surface area contributed by atoms with Gasteiger partial charge in [0.25, 0.3) is 0 Å². The van der Waals surface area contributed by atoms with Crippen LogP contribution in [0.2, 0.25) is 0 Å². The summed E-state index contributed by atoms with van der Waals surface area (Å²) in [4.78, 5) is 14.3. The second kappa shape index (κ2) is 10.9. The fraction of sp³-hybridized carbons (Fsp3) is 0.217. The van der Waals surface area contributed by atoms with Gasteiger partial charge in [0.1, 0.15) is 6.61 Å².